The van der Waals surface area contributed by atoms with Gasteiger partial charge in [-0.2, -0.15) is 0 Å². The van der Waals surface area contributed by atoms with Gasteiger partial charge in [-0.05, 0) is 33.6 Å². The van der Waals surface area contributed by atoms with Crippen LogP contribution in [0.15, 0.2) is 0 Å². The van der Waals surface area contributed by atoms with E-state index in [-0.39, 0.29) is 24.5 Å². The van der Waals surface area contributed by atoms with Crippen molar-refractivity contribution in [2.75, 3.05) is 20.3 Å². The predicted molar refractivity (Wildman–Crippen MR) is 62.5 cm³/mol. The number of nitrogens with zero attached hydrogens (tertiary/aromatic N) is 1. The zero-order chi connectivity index (χ0) is 13.1. The number of hydrogen-bond acceptors (Lipinski definition) is 4. The van der Waals surface area contributed by atoms with Crippen molar-refractivity contribution < 1.29 is 19.1 Å². The summed E-state index contributed by atoms with van der Waals surface area (Å²) in [5.41, 5.74) is -0.894. The second kappa shape index (κ2) is 5.49. The Morgan fingerprint density at radius 1 is 1.35 bits per heavy atom. The van der Waals surface area contributed by atoms with Crippen molar-refractivity contribution in [1.29, 1.82) is 0 Å². The molecule has 0 spiro atoms. The van der Waals surface area contributed by atoms with Crippen LogP contribution < -0.4 is 0 Å². The molecule has 0 bridgehead atoms. The number of hydrogen-bond donors (Lipinski definition) is 0. The van der Waals surface area contributed by atoms with E-state index >= 15 is 0 Å². The Morgan fingerprint density at radius 3 is 2.35 bits per heavy atom. The SMILES string of the molecule is CCOC(=O)CN(C(=O)C(C)(C)OC)C1CC1. The average molecular weight is 243 g/mol. The van der Waals surface area contributed by atoms with Crippen LogP contribution in [-0.4, -0.2) is 48.7 Å². The molecule has 0 N–H and O–H groups in total. The van der Waals surface area contributed by atoms with E-state index in [9.17, 15) is 9.59 Å². The van der Waals surface area contributed by atoms with E-state index in [0.29, 0.717) is 6.61 Å². The number of carbonyl (C=O) groups excluding carboxylic acids is 2. The van der Waals surface area contributed by atoms with Gasteiger partial charge in [0.25, 0.3) is 5.91 Å². The molecule has 0 aromatic carbocycles. The summed E-state index contributed by atoms with van der Waals surface area (Å²) in [5, 5.41) is 0. The Hall–Kier alpha value is -1.10. The third-order valence-corrected chi connectivity index (χ3v) is 2.88. The molecule has 0 aromatic rings. The predicted octanol–water partition coefficient (Wildman–Crippen LogP) is 0.965. The summed E-state index contributed by atoms with van der Waals surface area (Å²) < 4.78 is 10.0. The van der Waals surface area contributed by atoms with Crippen molar-refractivity contribution in [2.45, 2.75) is 45.3 Å². The van der Waals surface area contributed by atoms with Crippen LogP contribution in [0.1, 0.15) is 33.6 Å². The van der Waals surface area contributed by atoms with Gasteiger partial charge in [0.05, 0.1) is 6.61 Å². The second-order valence-electron chi connectivity index (χ2n) is 4.68. The van der Waals surface area contributed by atoms with Crippen LogP contribution in [0.4, 0.5) is 0 Å². The summed E-state index contributed by atoms with van der Waals surface area (Å²) in [7, 11) is 1.49. The number of methoxy groups -OCH3 is 1. The van der Waals surface area contributed by atoms with E-state index in [1.54, 1.807) is 25.7 Å². The van der Waals surface area contributed by atoms with Gasteiger partial charge in [-0.1, -0.05) is 0 Å². The molecule has 0 radical (unpaired) electrons. The van der Waals surface area contributed by atoms with Gasteiger partial charge in [-0.3, -0.25) is 9.59 Å². The van der Waals surface area contributed by atoms with Gasteiger partial charge >= 0.3 is 5.97 Å². The van der Waals surface area contributed by atoms with Crippen molar-refractivity contribution in [1.82, 2.24) is 4.90 Å². The zero-order valence-corrected chi connectivity index (χ0v) is 11.0. The molecule has 1 aliphatic rings. The Morgan fingerprint density at radius 2 is 1.94 bits per heavy atom. The maximum absolute atomic E-state index is 12.2. The second-order valence-corrected chi connectivity index (χ2v) is 4.68. The molecule has 5 nitrogen and oxygen atoms in total. The fourth-order valence-corrected chi connectivity index (χ4v) is 1.53. The average Bonchev–Trinajstić information content (AvgIpc) is 3.09. The molecule has 5 heteroatoms. The fraction of sp³-hybridized carbons (Fsp3) is 0.833. The Labute approximate surface area is 102 Å². The molecule has 0 heterocycles. The number of rotatable bonds is 6. The molecule has 0 aromatic heterocycles. The van der Waals surface area contributed by atoms with Crippen molar-refractivity contribution in [2.24, 2.45) is 0 Å². The lowest BCUT2D eigenvalue weighted by atomic mass is 10.1. The summed E-state index contributed by atoms with van der Waals surface area (Å²) in [6, 6.07) is 0.168. The lowest BCUT2D eigenvalue weighted by Crippen LogP contribution is -2.49. The van der Waals surface area contributed by atoms with E-state index in [1.165, 1.54) is 7.11 Å². The summed E-state index contributed by atoms with van der Waals surface area (Å²) in [6.07, 6.45) is 1.90. The van der Waals surface area contributed by atoms with E-state index in [4.69, 9.17) is 9.47 Å². The van der Waals surface area contributed by atoms with Crippen LogP contribution in [0, 0.1) is 0 Å². The van der Waals surface area contributed by atoms with E-state index in [0.717, 1.165) is 12.8 Å². The topological polar surface area (TPSA) is 55.8 Å². The highest BCUT2D eigenvalue weighted by atomic mass is 16.5. The van der Waals surface area contributed by atoms with Gasteiger partial charge < -0.3 is 14.4 Å². The zero-order valence-electron chi connectivity index (χ0n) is 11.0. The van der Waals surface area contributed by atoms with Gasteiger partial charge in [-0.25, -0.2) is 0 Å². The molecule has 1 saturated carbocycles. The van der Waals surface area contributed by atoms with Crippen LogP contribution in [0.5, 0.6) is 0 Å². The lowest BCUT2D eigenvalue weighted by Gasteiger charge is -2.30. The van der Waals surface area contributed by atoms with E-state index in [2.05, 4.69) is 0 Å². The lowest BCUT2D eigenvalue weighted by molar-refractivity contribution is -0.158. The standard InChI is InChI=1S/C12H21NO4/c1-5-17-10(14)8-13(9-6-7-9)11(15)12(2,3)16-4/h9H,5-8H2,1-4H3. The molecular weight excluding hydrogens is 222 g/mol. The van der Waals surface area contributed by atoms with Gasteiger partial charge in [0.1, 0.15) is 12.1 Å². The first-order chi connectivity index (χ1) is 7.92. The molecular formula is C12H21NO4. The molecule has 1 rings (SSSR count). The first-order valence-corrected chi connectivity index (χ1v) is 5.94. The number of carbonyl (C=O) groups is 2. The summed E-state index contributed by atoms with van der Waals surface area (Å²) in [5.74, 6) is -0.518. The van der Waals surface area contributed by atoms with E-state index < -0.39 is 5.60 Å². The smallest absolute Gasteiger partial charge is 0.325 e. The minimum atomic E-state index is -0.894. The Balaban J connectivity index is 2.66. The fourth-order valence-electron chi connectivity index (χ4n) is 1.53. The highest BCUT2D eigenvalue weighted by Gasteiger charge is 2.40. The highest BCUT2D eigenvalue weighted by molar-refractivity contribution is 5.88. The molecule has 0 aliphatic heterocycles. The summed E-state index contributed by atoms with van der Waals surface area (Å²) in [4.78, 5) is 25.2. The number of amides is 1. The van der Waals surface area contributed by atoms with Crippen LogP contribution >= 0.6 is 0 Å². The molecule has 1 aliphatic carbocycles. The minimum Gasteiger partial charge on any atom is -0.465 e. The van der Waals surface area contributed by atoms with Gasteiger partial charge in [0.2, 0.25) is 0 Å². The van der Waals surface area contributed by atoms with Crippen molar-refractivity contribution >= 4 is 11.9 Å². The minimum absolute atomic E-state index is 0.0180. The molecule has 1 fully saturated rings. The first-order valence-electron chi connectivity index (χ1n) is 5.94. The molecule has 1 amide bonds. The third kappa shape index (κ3) is 3.70. The largest absolute Gasteiger partial charge is 0.465 e. The third-order valence-electron chi connectivity index (χ3n) is 2.88. The van der Waals surface area contributed by atoms with Crippen LogP contribution in [0.25, 0.3) is 0 Å². The molecule has 98 valence electrons. The first kappa shape index (κ1) is 14.0. The summed E-state index contributed by atoms with van der Waals surface area (Å²) in [6.45, 7) is 5.51. The van der Waals surface area contributed by atoms with Crippen molar-refractivity contribution in [3.63, 3.8) is 0 Å². The van der Waals surface area contributed by atoms with Gasteiger partial charge in [0, 0.05) is 13.2 Å². The number of ether oxygens (including phenoxy) is 2. The number of esters is 1. The van der Waals surface area contributed by atoms with Crippen molar-refractivity contribution in [3.8, 4) is 0 Å². The summed E-state index contributed by atoms with van der Waals surface area (Å²) >= 11 is 0. The maximum Gasteiger partial charge on any atom is 0.325 e. The monoisotopic (exact) mass is 243 g/mol. The Kier molecular flexibility index (Phi) is 4.51. The van der Waals surface area contributed by atoms with Crippen LogP contribution in [0.3, 0.4) is 0 Å². The maximum atomic E-state index is 12.2. The van der Waals surface area contributed by atoms with Gasteiger partial charge in [-0.15, -0.1) is 0 Å². The molecule has 17 heavy (non-hydrogen) atoms. The van der Waals surface area contributed by atoms with Crippen LogP contribution in [0.2, 0.25) is 0 Å². The normalized spacial score (nSPS) is 15.5. The molecule has 0 atom stereocenters. The van der Waals surface area contributed by atoms with Crippen molar-refractivity contribution in [3.05, 3.63) is 0 Å². The van der Waals surface area contributed by atoms with E-state index in [1.807, 2.05) is 0 Å². The highest BCUT2D eigenvalue weighted by Crippen LogP contribution is 2.29. The van der Waals surface area contributed by atoms with Crippen LogP contribution in [-0.2, 0) is 19.1 Å². The quantitative estimate of drug-likeness (QED) is 0.652. The molecule has 0 unspecified atom stereocenters. The Bertz CT molecular complexity index is 297. The molecule has 0 saturated heterocycles. The van der Waals surface area contributed by atoms with Gasteiger partial charge in [0.15, 0.2) is 0 Å².